The fourth-order valence-electron chi connectivity index (χ4n) is 2.44. The Morgan fingerprint density at radius 1 is 1.33 bits per heavy atom. The van der Waals surface area contributed by atoms with Gasteiger partial charge in [-0.05, 0) is 48.5 Å². The third-order valence-electron chi connectivity index (χ3n) is 3.30. The van der Waals surface area contributed by atoms with Crippen molar-refractivity contribution in [3.05, 3.63) is 10.0 Å². The van der Waals surface area contributed by atoms with Gasteiger partial charge in [-0.15, -0.1) is 10.2 Å². The molecule has 0 aromatic carbocycles. The first-order valence-corrected chi connectivity index (χ1v) is 7.75. The van der Waals surface area contributed by atoms with Crippen LogP contribution in [-0.4, -0.2) is 39.1 Å². The minimum Gasteiger partial charge on any atom is -0.444 e. The smallest absolute Gasteiger partial charge is 0.413 e. The Balaban J connectivity index is 2.39. The predicted molar refractivity (Wildman–Crippen MR) is 80.1 cm³/mol. The first kappa shape index (κ1) is 16.2. The summed E-state index contributed by atoms with van der Waals surface area (Å²) in [5.74, 6) is 0. The molecule has 21 heavy (non-hydrogen) atoms. The van der Waals surface area contributed by atoms with Crippen molar-refractivity contribution in [3.63, 3.8) is 0 Å². The number of aromatic nitrogens is 2. The van der Waals surface area contributed by atoms with Gasteiger partial charge in [0.2, 0.25) is 0 Å². The fraction of sp³-hybridized carbons (Fsp3) is 0.786. The van der Waals surface area contributed by atoms with Gasteiger partial charge in [-0.2, -0.15) is 0 Å². The fourth-order valence-corrected chi connectivity index (χ4v) is 3.25. The van der Waals surface area contributed by atoms with E-state index >= 15 is 0 Å². The molecule has 2 rings (SSSR count). The number of nitrogens with zero attached hydrogens (tertiary/aromatic N) is 3. The third kappa shape index (κ3) is 3.03. The van der Waals surface area contributed by atoms with E-state index in [-0.39, 0.29) is 0 Å². The molecule has 1 saturated heterocycles. The lowest BCUT2D eigenvalue weighted by Crippen LogP contribution is -2.54. The number of hydrogen-bond acceptors (Lipinski definition) is 6. The molecule has 0 saturated carbocycles. The van der Waals surface area contributed by atoms with E-state index in [2.05, 4.69) is 10.2 Å². The van der Waals surface area contributed by atoms with Gasteiger partial charge in [0.15, 0.2) is 0 Å². The molecule has 2 heterocycles. The molecule has 0 aliphatic carbocycles. The van der Waals surface area contributed by atoms with E-state index in [1.807, 2.05) is 48.5 Å². The van der Waals surface area contributed by atoms with Crippen molar-refractivity contribution in [2.75, 3.05) is 6.61 Å². The van der Waals surface area contributed by atoms with E-state index in [0.29, 0.717) is 6.61 Å². The van der Waals surface area contributed by atoms with Crippen LogP contribution in [0.15, 0.2) is 0 Å². The summed E-state index contributed by atoms with van der Waals surface area (Å²) in [6.07, 6.45) is -0.402. The molecule has 1 aromatic rings. The minimum atomic E-state index is -0.753. The second-order valence-corrected chi connectivity index (χ2v) is 8.13. The first-order chi connectivity index (χ1) is 9.46. The quantitative estimate of drug-likeness (QED) is 0.797. The monoisotopic (exact) mass is 313 g/mol. The number of amides is 1. The molecule has 1 atom stereocenters. The normalized spacial score (nSPS) is 25.2. The van der Waals surface area contributed by atoms with Crippen LogP contribution in [0.25, 0.3) is 0 Å². The van der Waals surface area contributed by atoms with Crippen molar-refractivity contribution < 1.29 is 14.3 Å². The molecule has 0 spiro atoms. The van der Waals surface area contributed by atoms with Crippen molar-refractivity contribution >= 4 is 17.4 Å². The highest BCUT2D eigenvalue weighted by molar-refractivity contribution is 7.11. The summed E-state index contributed by atoms with van der Waals surface area (Å²) in [5, 5.41) is 9.88. The Bertz CT molecular complexity index is 550. The molecule has 0 N–H and O–H groups in total. The van der Waals surface area contributed by atoms with Crippen LogP contribution in [-0.2, 0) is 15.0 Å². The maximum atomic E-state index is 12.7. The van der Waals surface area contributed by atoms with Crippen molar-refractivity contribution in [2.45, 2.75) is 65.3 Å². The van der Waals surface area contributed by atoms with Gasteiger partial charge in [0.05, 0.1) is 6.61 Å². The molecule has 1 amide bonds. The van der Waals surface area contributed by atoms with Crippen LogP contribution >= 0.6 is 11.3 Å². The lowest BCUT2D eigenvalue weighted by molar-refractivity contribution is -0.0685. The Morgan fingerprint density at radius 3 is 2.43 bits per heavy atom. The largest absolute Gasteiger partial charge is 0.444 e. The van der Waals surface area contributed by atoms with Gasteiger partial charge in [0, 0.05) is 0 Å². The SMILES string of the molecule is Cc1nnc(C2(C)COC(C)(C)N2C(=O)OC(C)(C)C)s1. The maximum absolute atomic E-state index is 12.7. The zero-order valence-corrected chi connectivity index (χ0v) is 14.5. The van der Waals surface area contributed by atoms with E-state index in [1.54, 1.807) is 4.90 Å². The summed E-state index contributed by atoms with van der Waals surface area (Å²) >= 11 is 1.47. The van der Waals surface area contributed by atoms with Crippen molar-refractivity contribution in [1.29, 1.82) is 0 Å². The standard InChI is InChI=1S/C14H23N3O3S/c1-9-15-16-10(21-9)14(7)8-19-13(5,6)17(14)11(18)20-12(2,3)4/h8H2,1-7H3. The molecule has 1 aliphatic rings. The Morgan fingerprint density at radius 2 is 1.95 bits per heavy atom. The Hall–Kier alpha value is -1.21. The van der Waals surface area contributed by atoms with E-state index in [4.69, 9.17) is 9.47 Å². The summed E-state index contributed by atoms with van der Waals surface area (Å²) < 4.78 is 11.4. The number of carbonyl (C=O) groups is 1. The zero-order valence-electron chi connectivity index (χ0n) is 13.7. The lowest BCUT2D eigenvalue weighted by atomic mass is 10.0. The Labute approximate surface area is 129 Å². The average molecular weight is 313 g/mol. The van der Waals surface area contributed by atoms with E-state index in [1.165, 1.54) is 11.3 Å². The first-order valence-electron chi connectivity index (χ1n) is 6.94. The van der Waals surface area contributed by atoms with Crippen LogP contribution < -0.4 is 0 Å². The van der Waals surface area contributed by atoms with Gasteiger partial charge in [-0.25, -0.2) is 4.79 Å². The van der Waals surface area contributed by atoms with E-state index in [9.17, 15) is 4.79 Å². The molecule has 0 bridgehead atoms. The number of carbonyl (C=O) groups excluding carboxylic acids is 1. The molecule has 6 nitrogen and oxygen atoms in total. The molecule has 1 aromatic heterocycles. The molecule has 7 heteroatoms. The van der Waals surface area contributed by atoms with Crippen LogP contribution in [0.2, 0.25) is 0 Å². The summed E-state index contributed by atoms with van der Waals surface area (Å²) in [7, 11) is 0. The van der Waals surface area contributed by atoms with Crippen LogP contribution in [0, 0.1) is 6.92 Å². The number of ether oxygens (including phenoxy) is 2. The topological polar surface area (TPSA) is 64.6 Å². The molecular weight excluding hydrogens is 290 g/mol. The molecule has 0 radical (unpaired) electrons. The molecule has 118 valence electrons. The van der Waals surface area contributed by atoms with Crippen LogP contribution in [0.5, 0.6) is 0 Å². The van der Waals surface area contributed by atoms with Crippen molar-refractivity contribution in [2.24, 2.45) is 0 Å². The summed E-state index contributed by atoms with van der Waals surface area (Å²) in [6.45, 7) is 13.5. The minimum absolute atomic E-state index is 0.369. The highest BCUT2D eigenvalue weighted by Gasteiger charge is 2.55. The number of aryl methyl sites for hydroxylation is 1. The van der Waals surface area contributed by atoms with Crippen LogP contribution in [0.3, 0.4) is 0 Å². The molecule has 1 aliphatic heterocycles. The molecule has 1 unspecified atom stereocenters. The Kier molecular flexibility index (Phi) is 3.78. The third-order valence-corrected chi connectivity index (χ3v) is 4.39. The van der Waals surface area contributed by atoms with Gasteiger partial charge in [-0.3, -0.25) is 4.90 Å². The maximum Gasteiger partial charge on any atom is 0.413 e. The van der Waals surface area contributed by atoms with Gasteiger partial charge in [0.1, 0.15) is 26.9 Å². The predicted octanol–water partition coefficient (Wildman–Crippen LogP) is 3.07. The highest BCUT2D eigenvalue weighted by Crippen LogP contribution is 2.43. The summed E-state index contributed by atoms with van der Waals surface area (Å²) in [6, 6.07) is 0. The zero-order chi connectivity index (χ0) is 16.1. The van der Waals surface area contributed by atoms with Crippen LogP contribution in [0.4, 0.5) is 4.79 Å². The second-order valence-electron chi connectivity index (χ2n) is 6.95. The summed E-state index contributed by atoms with van der Waals surface area (Å²) in [5.41, 5.74) is -1.98. The van der Waals surface area contributed by atoms with Gasteiger partial charge >= 0.3 is 6.09 Å². The van der Waals surface area contributed by atoms with Gasteiger partial charge in [0.25, 0.3) is 0 Å². The van der Waals surface area contributed by atoms with Crippen molar-refractivity contribution in [3.8, 4) is 0 Å². The second kappa shape index (κ2) is 4.91. The molecular formula is C14H23N3O3S. The number of hydrogen-bond donors (Lipinski definition) is 0. The van der Waals surface area contributed by atoms with Crippen LogP contribution in [0.1, 0.15) is 51.6 Å². The summed E-state index contributed by atoms with van der Waals surface area (Å²) in [4.78, 5) is 14.3. The van der Waals surface area contributed by atoms with E-state index < -0.39 is 23.0 Å². The lowest BCUT2D eigenvalue weighted by Gasteiger charge is -2.39. The van der Waals surface area contributed by atoms with Gasteiger partial charge in [-0.1, -0.05) is 11.3 Å². The molecule has 1 fully saturated rings. The van der Waals surface area contributed by atoms with E-state index in [0.717, 1.165) is 10.0 Å². The average Bonchev–Trinajstić information content (AvgIpc) is 2.80. The number of rotatable bonds is 1. The highest BCUT2D eigenvalue weighted by atomic mass is 32.1. The van der Waals surface area contributed by atoms with Crippen molar-refractivity contribution in [1.82, 2.24) is 15.1 Å². The van der Waals surface area contributed by atoms with Gasteiger partial charge < -0.3 is 9.47 Å².